The third-order valence-corrected chi connectivity index (χ3v) is 4.19. The number of halogens is 9. The van der Waals surface area contributed by atoms with Gasteiger partial charge in [0.15, 0.2) is 6.61 Å². The predicted molar refractivity (Wildman–Crippen MR) is 98.5 cm³/mol. The number of nitrogens with zero attached hydrogens (tertiary/aromatic N) is 1. The summed E-state index contributed by atoms with van der Waals surface area (Å²) >= 11 is 5.81. The number of urea groups is 1. The monoisotopic (exact) mass is 505 g/mol. The lowest BCUT2D eigenvalue weighted by Crippen LogP contribution is -2.59. The van der Waals surface area contributed by atoms with Crippen LogP contribution in [0.25, 0.3) is 0 Å². The van der Waals surface area contributed by atoms with Crippen molar-refractivity contribution in [1.29, 1.82) is 0 Å². The van der Waals surface area contributed by atoms with E-state index >= 15 is 0 Å². The number of alkyl halides is 8. The van der Waals surface area contributed by atoms with Crippen molar-refractivity contribution in [2.24, 2.45) is 0 Å². The predicted octanol–water partition coefficient (Wildman–Crippen LogP) is 5.25. The van der Waals surface area contributed by atoms with E-state index in [4.69, 9.17) is 11.6 Å². The molecule has 0 fully saturated rings. The molecule has 2 aromatic rings. The fourth-order valence-electron chi connectivity index (χ4n) is 2.16. The molecule has 33 heavy (non-hydrogen) atoms. The number of amides is 3. The Kier molecular flexibility index (Phi) is 7.72. The fourth-order valence-corrected chi connectivity index (χ4v) is 2.39. The van der Waals surface area contributed by atoms with Crippen LogP contribution in [0.5, 0.6) is 5.88 Å². The molecular weight excluding hydrogens is 494 g/mol. The van der Waals surface area contributed by atoms with Gasteiger partial charge in [-0.15, -0.1) is 0 Å². The van der Waals surface area contributed by atoms with E-state index in [2.05, 4.69) is 9.72 Å². The molecule has 6 nitrogen and oxygen atoms in total. The Bertz CT molecular complexity index is 1020. The first-order valence-corrected chi connectivity index (χ1v) is 8.95. The number of imide groups is 1. The molecule has 0 unspecified atom stereocenters. The number of hydrogen-bond donors (Lipinski definition) is 2. The van der Waals surface area contributed by atoms with Gasteiger partial charge in [-0.25, -0.2) is 13.6 Å². The number of benzene rings is 1. The summed E-state index contributed by atoms with van der Waals surface area (Å²) in [5, 5.41) is 3.92. The van der Waals surface area contributed by atoms with Crippen LogP contribution in [0, 0.1) is 0 Å². The van der Waals surface area contributed by atoms with Gasteiger partial charge >= 0.3 is 30.2 Å². The van der Waals surface area contributed by atoms with Gasteiger partial charge < -0.3 is 4.74 Å². The molecule has 0 spiro atoms. The number of nitrogens with one attached hydrogen (secondary N) is 2. The Morgan fingerprint density at radius 3 is 2.24 bits per heavy atom. The van der Waals surface area contributed by atoms with Crippen molar-refractivity contribution in [1.82, 2.24) is 10.3 Å². The van der Waals surface area contributed by atoms with Crippen LogP contribution in [-0.2, 0) is 0 Å². The third-order valence-electron chi connectivity index (χ3n) is 3.86. The van der Waals surface area contributed by atoms with E-state index in [1.54, 1.807) is 0 Å². The molecule has 1 aromatic heterocycles. The highest BCUT2D eigenvalue weighted by Gasteiger charge is 2.75. The number of anilines is 1. The van der Waals surface area contributed by atoms with E-state index in [0.29, 0.717) is 0 Å². The molecule has 0 saturated heterocycles. The highest BCUT2D eigenvalue weighted by molar-refractivity contribution is 6.34. The van der Waals surface area contributed by atoms with E-state index in [-0.39, 0.29) is 10.6 Å². The van der Waals surface area contributed by atoms with Gasteiger partial charge in [0.05, 0.1) is 10.6 Å². The van der Waals surface area contributed by atoms with E-state index in [1.807, 2.05) is 10.6 Å². The molecule has 15 heteroatoms. The Balaban J connectivity index is 2.04. The number of ether oxygens (including phenoxy) is 1. The lowest BCUT2D eigenvalue weighted by atomic mass is 10.1. The fraction of sp³-hybridized carbons (Fsp3) is 0.278. The molecule has 0 radical (unpaired) electrons. The van der Waals surface area contributed by atoms with Crippen LogP contribution in [-0.4, -0.2) is 47.7 Å². The third kappa shape index (κ3) is 5.80. The number of carbonyl (C=O) groups is 2. The smallest absolute Gasteiger partial charge is 0.381 e. The maximum absolute atomic E-state index is 13.5. The number of pyridine rings is 1. The topological polar surface area (TPSA) is 80.3 Å². The summed E-state index contributed by atoms with van der Waals surface area (Å²) in [4.78, 5) is 27.3. The normalized spacial score (nSPS) is 12.4. The van der Waals surface area contributed by atoms with Gasteiger partial charge in [0.1, 0.15) is 5.82 Å². The average molecular weight is 506 g/mol. The molecule has 2 rings (SSSR count). The molecule has 180 valence electrons. The summed E-state index contributed by atoms with van der Waals surface area (Å²) in [6.07, 6.45) is -5.06. The Morgan fingerprint density at radius 2 is 1.64 bits per heavy atom. The van der Waals surface area contributed by atoms with Crippen LogP contribution in [0.2, 0.25) is 5.02 Å². The minimum absolute atomic E-state index is 0.0338. The molecule has 0 bridgehead atoms. The van der Waals surface area contributed by atoms with Gasteiger partial charge in [-0.1, -0.05) is 29.8 Å². The second kappa shape index (κ2) is 9.77. The minimum atomic E-state index is -6.44. The number of carbonyl (C=O) groups excluding carboxylic acids is 2. The van der Waals surface area contributed by atoms with Crippen molar-refractivity contribution < 1.29 is 49.4 Å². The zero-order valence-electron chi connectivity index (χ0n) is 15.9. The van der Waals surface area contributed by atoms with Gasteiger partial charge in [-0.3, -0.25) is 15.4 Å². The lowest BCUT2D eigenvalue weighted by molar-refractivity contribution is -0.342. The van der Waals surface area contributed by atoms with Gasteiger partial charge in [-0.05, 0) is 18.2 Å². The Labute approximate surface area is 184 Å². The van der Waals surface area contributed by atoms with Crippen molar-refractivity contribution in [3.63, 3.8) is 0 Å². The van der Waals surface area contributed by atoms with Crippen LogP contribution >= 0.6 is 11.6 Å². The average Bonchev–Trinajstić information content (AvgIpc) is 2.72. The second-order valence-electron chi connectivity index (χ2n) is 6.24. The molecule has 1 aromatic carbocycles. The molecule has 0 aliphatic rings. The van der Waals surface area contributed by atoms with E-state index in [9.17, 15) is 44.7 Å². The van der Waals surface area contributed by atoms with Crippen molar-refractivity contribution in [2.45, 2.75) is 24.2 Å². The van der Waals surface area contributed by atoms with E-state index < -0.39 is 54.4 Å². The summed E-state index contributed by atoms with van der Waals surface area (Å²) in [6.45, 7) is -2.43. The molecule has 1 heterocycles. The maximum atomic E-state index is 13.5. The molecule has 0 saturated carbocycles. The summed E-state index contributed by atoms with van der Waals surface area (Å²) < 4.78 is 108. The molecular formula is C18H12ClF8N3O3. The maximum Gasteiger partial charge on any atom is 0.381 e. The highest BCUT2D eigenvalue weighted by Crippen LogP contribution is 2.48. The van der Waals surface area contributed by atoms with Crippen molar-refractivity contribution in [2.75, 3.05) is 11.9 Å². The zero-order chi connectivity index (χ0) is 25.0. The van der Waals surface area contributed by atoms with Crippen LogP contribution in [0.15, 0.2) is 42.5 Å². The Hall–Kier alpha value is -3.16. The van der Waals surface area contributed by atoms with Gasteiger partial charge in [0.2, 0.25) is 5.88 Å². The van der Waals surface area contributed by atoms with Crippen molar-refractivity contribution in [3.8, 4) is 5.88 Å². The van der Waals surface area contributed by atoms with E-state index in [1.165, 1.54) is 24.3 Å². The largest absolute Gasteiger partial charge is 0.471 e. The summed E-state index contributed by atoms with van der Waals surface area (Å²) in [6, 6.07) is 7.48. The van der Waals surface area contributed by atoms with Gasteiger partial charge in [0, 0.05) is 6.07 Å². The molecule has 3 amide bonds. The number of rotatable bonds is 8. The second-order valence-corrected chi connectivity index (χ2v) is 6.65. The minimum Gasteiger partial charge on any atom is -0.471 e. The van der Waals surface area contributed by atoms with Crippen LogP contribution in [0.4, 0.5) is 45.7 Å². The first-order valence-electron chi connectivity index (χ1n) is 8.57. The molecule has 0 aliphatic carbocycles. The standard InChI is InChI=1S/C18H12ClF8N3O3/c19-10-5-2-1-4-9(10)13(31)30-15(32)29-11-6-3-7-12(28-11)33-8-16(22,23)18(26,27)17(24,25)14(20)21/h1-7,14H,8H2,(H2,28,29,30,31,32). The first-order chi connectivity index (χ1) is 15.2. The highest BCUT2D eigenvalue weighted by atomic mass is 35.5. The number of aromatic nitrogens is 1. The van der Waals surface area contributed by atoms with Crippen LogP contribution in [0.3, 0.4) is 0 Å². The summed E-state index contributed by atoms with van der Waals surface area (Å²) in [7, 11) is 0. The van der Waals surface area contributed by atoms with Gasteiger partial charge in [-0.2, -0.15) is 31.3 Å². The lowest BCUT2D eigenvalue weighted by Gasteiger charge is -2.31. The Morgan fingerprint density at radius 1 is 1.00 bits per heavy atom. The first kappa shape index (κ1) is 26.1. The van der Waals surface area contributed by atoms with Crippen LogP contribution < -0.4 is 15.4 Å². The molecule has 0 atom stereocenters. The summed E-state index contributed by atoms with van der Waals surface area (Å²) in [5.41, 5.74) is -0.0527. The summed E-state index contributed by atoms with van der Waals surface area (Å²) in [5.74, 6) is -20.7. The quantitative estimate of drug-likeness (QED) is 0.481. The van der Waals surface area contributed by atoms with Crippen molar-refractivity contribution >= 4 is 29.4 Å². The van der Waals surface area contributed by atoms with Gasteiger partial charge in [0.25, 0.3) is 5.91 Å². The zero-order valence-corrected chi connectivity index (χ0v) is 16.7. The van der Waals surface area contributed by atoms with Crippen LogP contribution in [0.1, 0.15) is 10.4 Å². The van der Waals surface area contributed by atoms with Crippen molar-refractivity contribution in [3.05, 3.63) is 53.1 Å². The molecule has 0 aliphatic heterocycles. The SMILES string of the molecule is O=C(NC(=O)c1ccccc1Cl)Nc1cccc(OCC(F)(F)C(F)(F)C(F)(F)C(F)F)n1. The number of hydrogen-bond acceptors (Lipinski definition) is 4. The molecule has 2 N–H and O–H groups in total. The van der Waals surface area contributed by atoms with E-state index in [0.717, 1.165) is 18.2 Å².